The normalized spacial score (nSPS) is 17.6. The Labute approximate surface area is 150 Å². The number of amides is 1. The fourth-order valence-corrected chi connectivity index (χ4v) is 4.74. The third-order valence-corrected chi connectivity index (χ3v) is 6.14. The van der Waals surface area contributed by atoms with Crippen molar-refractivity contribution >= 4 is 23.4 Å². The van der Waals surface area contributed by atoms with E-state index in [9.17, 15) is 9.18 Å². The Morgan fingerprint density at radius 2 is 2.04 bits per heavy atom. The summed E-state index contributed by atoms with van der Waals surface area (Å²) >= 11 is 1.81. The van der Waals surface area contributed by atoms with Crippen molar-refractivity contribution in [3.63, 3.8) is 0 Å². The number of hydrogen-bond acceptors (Lipinski definition) is 4. The molecule has 0 bridgehead atoms. The molecule has 2 N–H and O–H groups in total. The largest absolute Gasteiger partial charge is 0.370 e. The Morgan fingerprint density at radius 1 is 1.28 bits per heavy atom. The molecule has 0 spiro atoms. The van der Waals surface area contributed by atoms with E-state index in [1.807, 2.05) is 23.9 Å². The average molecular weight is 357 g/mol. The highest BCUT2D eigenvalue weighted by Crippen LogP contribution is 2.41. The molecule has 2 aliphatic rings. The first-order chi connectivity index (χ1) is 12.1. The molecule has 0 unspecified atom stereocenters. The minimum absolute atomic E-state index is 0.0372. The highest BCUT2D eigenvalue weighted by Gasteiger charge is 2.28. The second-order valence-electron chi connectivity index (χ2n) is 6.54. The molecule has 1 fully saturated rings. The van der Waals surface area contributed by atoms with Gasteiger partial charge in [0.2, 0.25) is 5.91 Å². The SMILES string of the molecule is NC(=O)C1CCN(c2cc(-c3ccccc3F)nc3c2SCC3)CC1. The molecule has 25 heavy (non-hydrogen) atoms. The summed E-state index contributed by atoms with van der Waals surface area (Å²) in [4.78, 5) is 19.6. The van der Waals surface area contributed by atoms with Crippen molar-refractivity contribution in [2.45, 2.75) is 24.2 Å². The van der Waals surface area contributed by atoms with Gasteiger partial charge in [-0.15, -0.1) is 11.8 Å². The average Bonchev–Trinajstić information content (AvgIpc) is 3.10. The van der Waals surface area contributed by atoms with E-state index in [-0.39, 0.29) is 17.6 Å². The molecule has 4 nitrogen and oxygen atoms in total. The number of carbonyl (C=O) groups excluding carboxylic acids is 1. The van der Waals surface area contributed by atoms with Crippen LogP contribution in [0.4, 0.5) is 10.1 Å². The summed E-state index contributed by atoms with van der Waals surface area (Å²) in [7, 11) is 0. The smallest absolute Gasteiger partial charge is 0.220 e. The molecule has 0 radical (unpaired) electrons. The first-order valence-corrected chi connectivity index (χ1v) is 9.58. The number of piperidine rings is 1. The van der Waals surface area contributed by atoms with Gasteiger partial charge in [0, 0.05) is 36.7 Å². The minimum Gasteiger partial charge on any atom is -0.370 e. The zero-order chi connectivity index (χ0) is 17.4. The molecular formula is C19H20FN3OS. The summed E-state index contributed by atoms with van der Waals surface area (Å²) in [5.41, 5.74) is 8.84. The van der Waals surface area contributed by atoms with Gasteiger partial charge < -0.3 is 10.6 Å². The molecule has 2 aromatic rings. The number of thioether (sulfide) groups is 1. The van der Waals surface area contributed by atoms with Gasteiger partial charge in [0.15, 0.2) is 0 Å². The van der Waals surface area contributed by atoms with Gasteiger partial charge in [-0.3, -0.25) is 9.78 Å². The Hall–Kier alpha value is -2.08. The Bertz CT molecular complexity index is 818. The van der Waals surface area contributed by atoms with E-state index in [1.54, 1.807) is 12.1 Å². The zero-order valence-electron chi connectivity index (χ0n) is 13.9. The van der Waals surface area contributed by atoms with E-state index in [4.69, 9.17) is 10.7 Å². The molecule has 4 rings (SSSR count). The number of nitrogens with zero attached hydrogens (tertiary/aromatic N) is 2. The van der Waals surface area contributed by atoms with Crippen molar-refractivity contribution < 1.29 is 9.18 Å². The summed E-state index contributed by atoms with van der Waals surface area (Å²) < 4.78 is 14.2. The highest BCUT2D eigenvalue weighted by molar-refractivity contribution is 7.99. The maximum Gasteiger partial charge on any atom is 0.220 e. The molecule has 1 aromatic heterocycles. The number of nitrogens with two attached hydrogens (primary N) is 1. The van der Waals surface area contributed by atoms with Crippen LogP contribution in [0, 0.1) is 11.7 Å². The zero-order valence-corrected chi connectivity index (χ0v) is 14.7. The molecule has 0 aliphatic carbocycles. The minimum atomic E-state index is -0.251. The van der Waals surface area contributed by atoms with Crippen LogP contribution in [0.2, 0.25) is 0 Å². The van der Waals surface area contributed by atoms with Crippen LogP contribution < -0.4 is 10.6 Å². The van der Waals surface area contributed by atoms with E-state index in [1.165, 1.54) is 11.0 Å². The number of fused-ring (bicyclic) bond motifs is 1. The molecule has 130 valence electrons. The number of anilines is 1. The molecule has 1 aromatic carbocycles. The topological polar surface area (TPSA) is 59.2 Å². The van der Waals surface area contributed by atoms with E-state index < -0.39 is 0 Å². The predicted octanol–water partition coefficient (Wildman–Crippen LogP) is 3.24. The molecule has 1 amide bonds. The van der Waals surface area contributed by atoms with Crippen molar-refractivity contribution in [1.29, 1.82) is 0 Å². The summed E-state index contributed by atoms with van der Waals surface area (Å²) in [6, 6.07) is 8.77. The number of halogens is 1. The summed E-state index contributed by atoms with van der Waals surface area (Å²) in [5, 5.41) is 0. The lowest BCUT2D eigenvalue weighted by atomic mass is 9.95. The number of aryl methyl sites for hydroxylation is 1. The molecule has 0 atom stereocenters. The lowest BCUT2D eigenvalue weighted by Crippen LogP contribution is -2.38. The lowest BCUT2D eigenvalue weighted by molar-refractivity contribution is -0.122. The maximum absolute atomic E-state index is 14.2. The van der Waals surface area contributed by atoms with Gasteiger partial charge in [-0.25, -0.2) is 4.39 Å². The number of primary amides is 1. The van der Waals surface area contributed by atoms with E-state index >= 15 is 0 Å². The number of benzene rings is 1. The maximum atomic E-state index is 14.2. The van der Waals surface area contributed by atoms with Gasteiger partial charge in [-0.05, 0) is 31.0 Å². The van der Waals surface area contributed by atoms with Gasteiger partial charge in [0.1, 0.15) is 5.82 Å². The Kier molecular flexibility index (Phi) is 4.37. The van der Waals surface area contributed by atoms with Crippen LogP contribution in [-0.4, -0.2) is 29.7 Å². The Morgan fingerprint density at radius 3 is 2.76 bits per heavy atom. The van der Waals surface area contributed by atoms with Gasteiger partial charge in [0.25, 0.3) is 0 Å². The third kappa shape index (κ3) is 3.11. The van der Waals surface area contributed by atoms with Crippen LogP contribution >= 0.6 is 11.8 Å². The number of carbonyl (C=O) groups is 1. The first kappa shape index (κ1) is 16.4. The van der Waals surface area contributed by atoms with E-state index in [0.717, 1.165) is 49.5 Å². The van der Waals surface area contributed by atoms with E-state index in [2.05, 4.69) is 4.90 Å². The van der Waals surface area contributed by atoms with Crippen LogP contribution in [0.15, 0.2) is 35.2 Å². The van der Waals surface area contributed by atoms with Gasteiger partial charge in [0.05, 0.1) is 22.0 Å². The summed E-state index contributed by atoms with van der Waals surface area (Å²) in [6.07, 6.45) is 2.45. The van der Waals surface area contributed by atoms with Crippen LogP contribution in [-0.2, 0) is 11.2 Å². The highest BCUT2D eigenvalue weighted by atomic mass is 32.2. The van der Waals surface area contributed by atoms with Gasteiger partial charge in [-0.1, -0.05) is 12.1 Å². The van der Waals surface area contributed by atoms with Crippen molar-refractivity contribution in [3.05, 3.63) is 41.8 Å². The molecule has 6 heteroatoms. The summed E-state index contributed by atoms with van der Waals surface area (Å²) in [6.45, 7) is 1.59. The van der Waals surface area contributed by atoms with Crippen molar-refractivity contribution in [1.82, 2.24) is 4.98 Å². The van der Waals surface area contributed by atoms with Crippen LogP contribution in [0.25, 0.3) is 11.3 Å². The second-order valence-corrected chi connectivity index (χ2v) is 7.65. The molecular weight excluding hydrogens is 337 g/mol. The van der Waals surface area contributed by atoms with Crippen LogP contribution in [0.3, 0.4) is 0 Å². The van der Waals surface area contributed by atoms with Crippen molar-refractivity contribution in [2.75, 3.05) is 23.7 Å². The quantitative estimate of drug-likeness (QED) is 0.916. The van der Waals surface area contributed by atoms with Crippen molar-refractivity contribution in [2.24, 2.45) is 11.7 Å². The second kappa shape index (κ2) is 6.67. The summed E-state index contributed by atoms with van der Waals surface area (Å²) in [5.74, 6) is 0.512. The third-order valence-electron chi connectivity index (χ3n) is 5.00. The number of pyridine rings is 1. The first-order valence-electron chi connectivity index (χ1n) is 8.59. The van der Waals surface area contributed by atoms with Gasteiger partial charge >= 0.3 is 0 Å². The lowest BCUT2D eigenvalue weighted by Gasteiger charge is -2.33. The number of hydrogen-bond donors (Lipinski definition) is 1. The monoisotopic (exact) mass is 357 g/mol. The van der Waals surface area contributed by atoms with E-state index in [0.29, 0.717) is 11.3 Å². The molecule has 2 aliphatic heterocycles. The fourth-order valence-electron chi connectivity index (χ4n) is 3.59. The van der Waals surface area contributed by atoms with Crippen molar-refractivity contribution in [3.8, 4) is 11.3 Å². The molecule has 0 saturated carbocycles. The number of aromatic nitrogens is 1. The fraction of sp³-hybridized carbons (Fsp3) is 0.368. The predicted molar refractivity (Wildman–Crippen MR) is 98.2 cm³/mol. The van der Waals surface area contributed by atoms with Crippen LogP contribution in [0.1, 0.15) is 18.5 Å². The molecule has 1 saturated heterocycles. The molecule has 3 heterocycles. The standard InChI is InChI=1S/C19H20FN3OS/c20-14-4-2-1-3-13(14)16-11-17(18-15(22-16)7-10-25-18)23-8-5-12(6-9-23)19(21)24/h1-4,11-12H,5-10H2,(H2,21,24). The van der Waals surface area contributed by atoms with Gasteiger partial charge in [-0.2, -0.15) is 0 Å². The van der Waals surface area contributed by atoms with Crippen LogP contribution in [0.5, 0.6) is 0 Å². The number of rotatable bonds is 3. The Balaban J connectivity index is 1.71.